The Morgan fingerprint density at radius 1 is 1.56 bits per heavy atom. The van der Waals surface area contributed by atoms with Gasteiger partial charge in [0.1, 0.15) is 5.82 Å². The van der Waals surface area contributed by atoms with Gasteiger partial charge >= 0.3 is 0 Å². The van der Waals surface area contributed by atoms with Crippen molar-refractivity contribution in [1.29, 1.82) is 0 Å². The number of nitrogens with one attached hydrogen (secondary N) is 1. The molecule has 1 N–H and O–H groups in total. The van der Waals surface area contributed by atoms with Gasteiger partial charge in [-0.1, -0.05) is 22.0 Å². The molecule has 0 radical (unpaired) electrons. The molecular weight excluding hydrogens is 317 g/mol. The van der Waals surface area contributed by atoms with E-state index in [-0.39, 0.29) is 5.82 Å². The van der Waals surface area contributed by atoms with Crippen LogP contribution in [-0.4, -0.2) is 11.2 Å². The maximum absolute atomic E-state index is 13.0. The van der Waals surface area contributed by atoms with Crippen LogP contribution < -0.4 is 5.43 Å². The van der Waals surface area contributed by atoms with Crippen molar-refractivity contribution in [3.8, 4) is 0 Å². The van der Waals surface area contributed by atoms with E-state index in [4.69, 9.17) is 0 Å². The molecule has 0 saturated heterocycles. The first-order chi connectivity index (χ1) is 8.69. The topological polar surface area (TPSA) is 37.3 Å². The second-order valence-electron chi connectivity index (χ2n) is 3.64. The standard InChI is InChI=1S/C12H11BrFN3S/c1-8-7-18-12(16-8)17-15-6-9-2-3-11(14)4-10(9)5-13/h2-4,6-7H,5H2,1H3,(H,16,17). The van der Waals surface area contributed by atoms with Crippen LogP contribution in [0.15, 0.2) is 28.7 Å². The average molecular weight is 328 g/mol. The van der Waals surface area contributed by atoms with Crippen LogP contribution in [0.4, 0.5) is 9.52 Å². The number of aromatic nitrogens is 1. The van der Waals surface area contributed by atoms with Crippen LogP contribution in [0.3, 0.4) is 0 Å². The van der Waals surface area contributed by atoms with Gasteiger partial charge in [0, 0.05) is 10.7 Å². The number of halogens is 2. The fourth-order valence-electron chi connectivity index (χ4n) is 1.38. The molecule has 0 atom stereocenters. The summed E-state index contributed by atoms with van der Waals surface area (Å²) < 4.78 is 13.0. The SMILES string of the molecule is Cc1csc(NN=Cc2ccc(F)cc2CBr)n1. The third kappa shape index (κ3) is 3.36. The molecule has 1 aromatic heterocycles. The average Bonchev–Trinajstić information content (AvgIpc) is 2.77. The van der Waals surface area contributed by atoms with E-state index in [0.717, 1.165) is 22.0 Å². The molecule has 0 amide bonds. The van der Waals surface area contributed by atoms with Crippen molar-refractivity contribution in [3.63, 3.8) is 0 Å². The van der Waals surface area contributed by atoms with E-state index in [2.05, 4.69) is 31.4 Å². The van der Waals surface area contributed by atoms with Crippen molar-refractivity contribution in [2.75, 3.05) is 5.43 Å². The van der Waals surface area contributed by atoms with Gasteiger partial charge in [0.25, 0.3) is 0 Å². The lowest BCUT2D eigenvalue weighted by Crippen LogP contribution is -1.94. The van der Waals surface area contributed by atoms with Gasteiger partial charge in [-0.3, -0.25) is 5.43 Å². The van der Waals surface area contributed by atoms with Gasteiger partial charge < -0.3 is 0 Å². The van der Waals surface area contributed by atoms with Crippen molar-refractivity contribution >= 4 is 38.6 Å². The van der Waals surface area contributed by atoms with Gasteiger partial charge in [-0.05, 0) is 30.2 Å². The van der Waals surface area contributed by atoms with E-state index in [0.29, 0.717) is 5.33 Å². The summed E-state index contributed by atoms with van der Waals surface area (Å²) in [5.41, 5.74) is 5.53. The summed E-state index contributed by atoms with van der Waals surface area (Å²) in [7, 11) is 0. The molecule has 1 heterocycles. The van der Waals surface area contributed by atoms with E-state index in [9.17, 15) is 4.39 Å². The van der Waals surface area contributed by atoms with Gasteiger partial charge in [-0.25, -0.2) is 9.37 Å². The Balaban J connectivity index is 2.09. The summed E-state index contributed by atoms with van der Waals surface area (Å²) in [6, 6.07) is 4.61. The molecule has 0 unspecified atom stereocenters. The predicted molar refractivity (Wildman–Crippen MR) is 77.1 cm³/mol. The Kier molecular flexibility index (Phi) is 4.43. The summed E-state index contributed by atoms with van der Waals surface area (Å²) >= 11 is 4.82. The molecule has 0 aliphatic carbocycles. The quantitative estimate of drug-likeness (QED) is 0.524. The highest BCUT2D eigenvalue weighted by molar-refractivity contribution is 9.08. The minimum Gasteiger partial charge on any atom is -0.253 e. The van der Waals surface area contributed by atoms with Gasteiger partial charge in [0.05, 0.1) is 11.9 Å². The minimum absolute atomic E-state index is 0.245. The zero-order valence-electron chi connectivity index (χ0n) is 9.65. The zero-order valence-corrected chi connectivity index (χ0v) is 12.1. The van der Waals surface area contributed by atoms with E-state index < -0.39 is 0 Å². The number of hydrogen-bond acceptors (Lipinski definition) is 4. The molecule has 0 spiro atoms. The number of aryl methyl sites for hydroxylation is 1. The van der Waals surface area contributed by atoms with Crippen LogP contribution in [0.5, 0.6) is 0 Å². The number of rotatable bonds is 4. The summed E-state index contributed by atoms with van der Waals surface area (Å²) in [4.78, 5) is 4.22. The first-order valence-electron chi connectivity index (χ1n) is 5.24. The van der Waals surface area contributed by atoms with Crippen molar-refractivity contribution < 1.29 is 4.39 Å². The van der Waals surface area contributed by atoms with E-state index in [1.807, 2.05) is 12.3 Å². The first-order valence-corrected chi connectivity index (χ1v) is 7.25. The van der Waals surface area contributed by atoms with Gasteiger partial charge in [0.2, 0.25) is 5.13 Å². The van der Waals surface area contributed by atoms with Crippen LogP contribution in [-0.2, 0) is 5.33 Å². The van der Waals surface area contributed by atoms with Gasteiger partial charge in [0.15, 0.2) is 0 Å². The summed E-state index contributed by atoms with van der Waals surface area (Å²) in [5.74, 6) is -0.245. The fourth-order valence-corrected chi connectivity index (χ4v) is 2.50. The third-order valence-corrected chi connectivity index (χ3v) is 3.70. The summed E-state index contributed by atoms with van der Waals surface area (Å²) in [6.45, 7) is 1.92. The fraction of sp³-hybridized carbons (Fsp3) is 0.167. The number of nitrogens with zero attached hydrogens (tertiary/aromatic N) is 2. The number of thiazole rings is 1. The lowest BCUT2D eigenvalue weighted by Gasteiger charge is -2.01. The van der Waals surface area contributed by atoms with Crippen molar-refractivity contribution in [2.45, 2.75) is 12.3 Å². The van der Waals surface area contributed by atoms with E-state index in [1.165, 1.54) is 23.5 Å². The third-order valence-electron chi connectivity index (χ3n) is 2.23. The Morgan fingerprint density at radius 3 is 3.06 bits per heavy atom. The summed E-state index contributed by atoms with van der Waals surface area (Å²) in [6.07, 6.45) is 1.66. The highest BCUT2D eigenvalue weighted by Gasteiger charge is 2.01. The highest BCUT2D eigenvalue weighted by atomic mass is 79.9. The zero-order chi connectivity index (χ0) is 13.0. The highest BCUT2D eigenvalue weighted by Crippen LogP contribution is 2.15. The van der Waals surface area contributed by atoms with Crippen LogP contribution in [0.2, 0.25) is 0 Å². The number of hydrazone groups is 1. The molecule has 6 heteroatoms. The monoisotopic (exact) mass is 327 g/mol. The maximum Gasteiger partial charge on any atom is 0.203 e. The molecule has 94 valence electrons. The van der Waals surface area contributed by atoms with Crippen molar-refractivity contribution in [1.82, 2.24) is 4.98 Å². The van der Waals surface area contributed by atoms with Crippen molar-refractivity contribution in [2.24, 2.45) is 5.10 Å². The second kappa shape index (κ2) is 6.06. The maximum atomic E-state index is 13.0. The molecule has 1 aromatic carbocycles. The largest absolute Gasteiger partial charge is 0.253 e. The number of alkyl halides is 1. The molecular formula is C12H11BrFN3S. The Labute approximate surface area is 117 Å². The molecule has 0 bridgehead atoms. The van der Waals surface area contributed by atoms with E-state index in [1.54, 1.807) is 12.3 Å². The van der Waals surface area contributed by atoms with Crippen LogP contribution in [0.25, 0.3) is 0 Å². The smallest absolute Gasteiger partial charge is 0.203 e. The van der Waals surface area contributed by atoms with Crippen LogP contribution in [0, 0.1) is 12.7 Å². The molecule has 0 fully saturated rings. The molecule has 0 aliphatic rings. The Bertz CT molecular complexity index is 568. The molecule has 0 saturated carbocycles. The molecule has 2 rings (SSSR count). The second-order valence-corrected chi connectivity index (χ2v) is 5.06. The Hall–Kier alpha value is -1.27. The lowest BCUT2D eigenvalue weighted by molar-refractivity contribution is 0.626. The Morgan fingerprint density at radius 2 is 2.39 bits per heavy atom. The molecule has 0 aliphatic heterocycles. The number of hydrogen-bond donors (Lipinski definition) is 1. The van der Waals surface area contributed by atoms with Crippen molar-refractivity contribution in [3.05, 3.63) is 46.2 Å². The van der Waals surface area contributed by atoms with Gasteiger partial charge in [-0.15, -0.1) is 11.3 Å². The molecule has 2 aromatic rings. The van der Waals surface area contributed by atoms with Crippen LogP contribution in [0.1, 0.15) is 16.8 Å². The lowest BCUT2D eigenvalue weighted by atomic mass is 10.1. The predicted octanol–water partition coefficient (Wildman–Crippen LogP) is 3.93. The summed E-state index contributed by atoms with van der Waals surface area (Å²) in [5, 5.41) is 7.36. The molecule has 3 nitrogen and oxygen atoms in total. The number of anilines is 1. The normalized spacial score (nSPS) is 11.1. The van der Waals surface area contributed by atoms with E-state index >= 15 is 0 Å². The molecule has 18 heavy (non-hydrogen) atoms. The van der Waals surface area contributed by atoms with Crippen LogP contribution >= 0.6 is 27.3 Å². The number of benzene rings is 1. The minimum atomic E-state index is -0.245. The van der Waals surface area contributed by atoms with Gasteiger partial charge in [-0.2, -0.15) is 5.10 Å². The first kappa shape index (κ1) is 13.2.